The third kappa shape index (κ3) is 90.7. The van der Waals surface area contributed by atoms with Crippen molar-refractivity contribution < 1.29 is 24.3 Å². The van der Waals surface area contributed by atoms with Crippen molar-refractivity contribution in [3.63, 3.8) is 0 Å². The molecule has 6 nitrogen and oxygen atoms in total. The Balaban J connectivity index is -0.000000126. The minimum absolute atomic E-state index is 0. The van der Waals surface area contributed by atoms with Crippen molar-refractivity contribution in [3.05, 3.63) is 0 Å². The van der Waals surface area contributed by atoms with Gasteiger partial charge in [0, 0.05) is 0 Å². The summed E-state index contributed by atoms with van der Waals surface area (Å²) in [6, 6.07) is 0. The standard InChI is InChI=1S/C5H12O.H3N.H4O4Si/c1-4-5(2,3)6;;1-5(2,3)4/h6H,4H2,1-3H3;1H3;1-4H. The summed E-state index contributed by atoms with van der Waals surface area (Å²) in [6.07, 6.45) is 0.826. The van der Waals surface area contributed by atoms with Crippen LogP contribution in [0.4, 0.5) is 0 Å². The number of hydrogen-bond donors (Lipinski definition) is 6. The Kier molecular flexibility index (Phi) is 9.68. The van der Waals surface area contributed by atoms with Gasteiger partial charge in [-0.1, -0.05) is 6.92 Å². The van der Waals surface area contributed by atoms with Crippen molar-refractivity contribution in [2.24, 2.45) is 0 Å². The first-order valence-electron chi connectivity index (χ1n) is 3.18. The van der Waals surface area contributed by atoms with Gasteiger partial charge in [0.25, 0.3) is 0 Å². The molecule has 0 atom stereocenters. The predicted molar refractivity (Wildman–Crippen MR) is 46.2 cm³/mol. The monoisotopic (exact) mass is 201 g/mol. The Morgan fingerprint density at radius 3 is 1.17 bits per heavy atom. The minimum atomic E-state index is -4.61. The van der Waals surface area contributed by atoms with Crippen LogP contribution in [0.15, 0.2) is 0 Å². The van der Waals surface area contributed by atoms with Gasteiger partial charge in [-0.2, -0.15) is 0 Å². The second-order valence-corrected chi connectivity index (χ2v) is 3.97. The van der Waals surface area contributed by atoms with Gasteiger partial charge in [-0.3, -0.25) is 0 Å². The molecule has 0 aliphatic carbocycles. The van der Waals surface area contributed by atoms with Gasteiger partial charge in [-0.05, 0) is 20.3 Å². The average molecular weight is 201 g/mol. The quantitative estimate of drug-likeness (QED) is 0.292. The Labute approximate surface area is 73.2 Å². The van der Waals surface area contributed by atoms with E-state index in [1.807, 2.05) is 6.92 Å². The summed E-state index contributed by atoms with van der Waals surface area (Å²) >= 11 is 0. The molecule has 0 aromatic rings. The highest BCUT2D eigenvalue weighted by Gasteiger charge is 2.22. The molecule has 0 amide bonds. The van der Waals surface area contributed by atoms with Crippen LogP contribution in [0.5, 0.6) is 0 Å². The highest BCUT2D eigenvalue weighted by atomic mass is 28.4. The van der Waals surface area contributed by atoms with Gasteiger partial charge in [-0.25, -0.2) is 0 Å². The van der Waals surface area contributed by atoms with E-state index in [0.29, 0.717) is 0 Å². The Hall–Kier alpha value is -0.0231. The van der Waals surface area contributed by atoms with Crippen LogP contribution in [0.25, 0.3) is 0 Å². The maximum Gasteiger partial charge on any atom is 0.668 e. The van der Waals surface area contributed by atoms with E-state index in [1.165, 1.54) is 0 Å². The van der Waals surface area contributed by atoms with Crippen molar-refractivity contribution in [2.75, 3.05) is 0 Å². The Morgan fingerprint density at radius 1 is 1.08 bits per heavy atom. The smallest absolute Gasteiger partial charge is 0.390 e. The maximum absolute atomic E-state index is 8.83. The fourth-order valence-electron chi connectivity index (χ4n) is 0. The number of aliphatic hydroxyl groups is 1. The van der Waals surface area contributed by atoms with E-state index in [-0.39, 0.29) is 6.15 Å². The Morgan fingerprint density at radius 2 is 1.17 bits per heavy atom. The van der Waals surface area contributed by atoms with Gasteiger partial charge in [0.2, 0.25) is 0 Å². The van der Waals surface area contributed by atoms with Crippen LogP contribution in [0.1, 0.15) is 27.2 Å². The molecule has 0 aliphatic heterocycles. The van der Waals surface area contributed by atoms with Crippen LogP contribution in [-0.4, -0.2) is 38.9 Å². The van der Waals surface area contributed by atoms with E-state index < -0.39 is 14.6 Å². The molecule has 8 N–H and O–H groups in total. The molecule has 0 spiro atoms. The van der Waals surface area contributed by atoms with Crippen LogP contribution in [-0.2, 0) is 0 Å². The molecule has 0 rings (SSSR count). The maximum atomic E-state index is 8.83. The summed E-state index contributed by atoms with van der Waals surface area (Å²) < 4.78 is 0. The lowest BCUT2D eigenvalue weighted by atomic mass is 10.1. The van der Waals surface area contributed by atoms with Gasteiger partial charge in [0.15, 0.2) is 0 Å². The molecule has 0 bridgehead atoms. The van der Waals surface area contributed by atoms with Crippen LogP contribution in [0.3, 0.4) is 0 Å². The summed E-state index contributed by atoms with van der Waals surface area (Å²) in [5.74, 6) is 0. The van der Waals surface area contributed by atoms with Crippen molar-refractivity contribution in [3.8, 4) is 0 Å². The first kappa shape index (κ1) is 17.9. The first-order chi connectivity index (χ1) is 4.56. The van der Waals surface area contributed by atoms with Crippen molar-refractivity contribution in [1.29, 1.82) is 0 Å². The molecule has 0 aromatic heterocycles. The fourth-order valence-corrected chi connectivity index (χ4v) is 0. The molecule has 0 saturated heterocycles. The van der Waals surface area contributed by atoms with Crippen molar-refractivity contribution >= 4 is 9.05 Å². The summed E-state index contributed by atoms with van der Waals surface area (Å²) in [7, 11) is -4.61. The molecule has 0 fully saturated rings. The zero-order valence-electron chi connectivity index (χ0n) is 7.65. The van der Waals surface area contributed by atoms with Crippen LogP contribution < -0.4 is 6.15 Å². The minimum Gasteiger partial charge on any atom is -0.390 e. The lowest BCUT2D eigenvalue weighted by molar-refractivity contribution is 0.0764. The molecule has 0 aromatic carbocycles. The molecule has 7 heteroatoms. The Bertz CT molecular complexity index is 91.0. The molecular formula is C5H19NO5Si. The topological polar surface area (TPSA) is 136 Å². The zero-order chi connectivity index (χ0) is 9.71. The summed E-state index contributed by atoms with van der Waals surface area (Å²) in [5, 5.41) is 8.83. The van der Waals surface area contributed by atoms with Gasteiger partial charge >= 0.3 is 9.05 Å². The van der Waals surface area contributed by atoms with Crippen molar-refractivity contribution in [1.82, 2.24) is 6.15 Å². The predicted octanol–water partition coefficient (Wildman–Crippen LogP) is -1.28. The molecule has 0 radical (unpaired) electrons. The zero-order valence-corrected chi connectivity index (χ0v) is 8.65. The fraction of sp³-hybridized carbons (Fsp3) is 1.00. The van der Waals surface area contributed by atoms with E-state index in [0.717, 1.165) is 6.42 Å². The lowest BCUT2D eigenvalue weighted by Gasteiger charge is -2.11. The highest BCUT2D eigenvalue weighted by Crippen LogP contribution is 2.03. The first-order valence-corrected chi connectivity index (χ1v) is 4.97. The lowest BCUT2D eigenvalue weighted by Crippen LogP contribution is -2.33. The number of rotatable bonds is 1. The third-order valence-corrected chi connectivity index (χ3v) is 0.865. The summed E-state index contributed by atoms with van der Waals surface area (Å²) in [4.78, 5) is 29.3. The van der Waals surface area contributed by atoms with E-state index in [1.54, 1.807) is 13.8 Å². The third-order valence-electron chi connectivity index (χ3n) is 0.865. The SMILES string of the molecule is CCC(C)(C)O.N.O[Si](O)(O)O. The van der Waals surface area contributed by atoms with Gasteiger partial charge in [0.05, 0.1) is 5.60 Å². The molecule has 78 valence electrons. The van der Waals surface area contributed by atoms with Gasteiger partial charge < -0.3 is 30.4 Å². The molecule has 0 aliphatic rings. The molecule has 0 heterocycles. The second kappa shape index (κ2) is 6.49. The normalized spacial score (nSPS) is 11.0. The number of hydrogen-bond acceptors (Lipinski definition) is 6. The summed E-state index contributed by atoms with van der Waals surface area (Å²) in [5.41, 5.74) is -0.458. The molecule has 12 heavy (non-hydrogen) atoms. The van der Waals surface area contributed by atoms with Crippen molar-refractivity contribution in [2.45, 2.75) is 32.8 Å². The van der Waals surface area contributed by atoms with Gasteiger partial charge in [-0.15, -0.1) is 0 Å². The summed E-state index contributed by atoms with van der Waals surface area (Å²) in [6.45, 7) is 5.56. The molecular weight excluding hydrogens is 182 g/mol. The van der Waals surface area contributed by atoms with Crippen LogP contribution in [0, 0.1) is 0 Å². The van der Waals surface area contributed by atoms with Crippen LogP contribution in [0.2, 0.25) is 0 Å². The largest absolute Gasteiger partial charge is 0.668 e. The van der Waals surface area contributed by atoms with Gasteiger partial charge in [0.1, 0.15) is 0 Å². The second-order valence-electron chi connectivity index (χ2n) is 2.77. The average Bonchev–Trinajstić information content (AvgIpc) is 1.59. The van der Waals surface area contributed by atoms with E-state index in [4.69, 9.17) is 24.3 Å². The van der Waals surface area contributed by atoms with Crippen LogP contribution >= 0.6 is 0 Å². The highest BCUT2D eigenvalue weighted by molar-refractivity contribution is 6.46. The van der Waals surface area contributed by atoms with E-state index in [9.17, 15) is 0 Å². The van der Waals surface area contributed by atoms with E-state index in [2.05, 4.69) is 0 Å². The molecule has 0 saturated carbocycles. The molecule has 0 unspecified atom stereocenters. The van der Waals surface area contributed by atoms with E-state index >= 15 is 0 Å².